The Balaban J connectivity index is 2.31. The molecule has 0 radical (unpaired) electrons. The van der Waals surface area contributed by atoms with Gasteiger partial charge in [0.15, 0.2) is 0 Å². The number of unbranched alkanes of at least 4 members (excludes halogenated alkanes) is 1. The number of hydrogen-bond donors (Lipinski definition) is 1. The van der Waals surface area contributed by atoms with Crippen molar-refractivity contribution < 1.29 is 14.3 Å². The van der Waals surface area contributed by atoms with Crippen molar-refractivity contribution in [2.75, 3.05) is 7.11 Å². The first kappa shape index (κ1) is 21.4. The molecule has 2 aromatic rings. The minimum absolute atomic E-state index is 0.0427. The lowest BCUT2D eigenvalue weighted by molar-refractivity contribution is -0.142. The van der Waals surface area contributed by atoms with Crippen molar-refractivity contribution in [2.24, 2.45) is 0 Å². The largest absolute Gasteiger partial charge is 0.467 e. The van der Waals surface area contributed by atoms with Gasteiger partial charge >= 0.3 is 5.97 Å². The fourth-order valence-electron chi connectivity index (χ4n) is 3.06. The molecule has 1 atom stereocenters. The van der Waals surface area contributed by atoms with Crippen LogP contribution in [0.15, 0.2) is 41.2 Å². The van der Waals surface area contributed by atoms with Gasteiger partial charge in [0.1, 0.15) is 11.6 Å². The summed E-state index contributed by atoms with van der Waals surface area (Å²) in [6.07, 6.45) is 2.08. The molecule has 150 valence electrons. The molecule has 0 saturated heterocycles. The predicted molar refractivity (Wildman–Crippen MR) is 109 cm³/mol. The molecule has 1 N–H and O–H groups in total. The highest BCUT2D eigenvalue weighted by Gasteiger charge is 2.25. The number of pyridine rings is 1. The first-order valence-corrected chi connectivity index (χ1v) is 9.52. The number of ether oxygens (including phenoxy) is 1. The van der Waals surface area contributed by atoms with Gasteiger partial charge < -0.3 is 14.6 Å². The second kappa shape index (κ2) is 9.88. The van der Waals surface area contributed by atoms with Gasteiger partial charge in [-0.05, 0) is 37.5 Å². The number of esters is 1. The van der Waals surface area contributed by atoms with E-state index in [0.29, 0.717) is 6.54 Å². The van der Waals surface area contributed by atoms with Crippen LogP contribution in [-0.2, 0) is 22.5 Å². The van der Waals surface area contributed by atoms with Crippen LogP contribution in [0.3, 0.4) is 0 Å². The number of rotatable bonds is 8. The molecule has 0 aliphatic rings. The molecule has 1 amide bonds. The maximum atomic E-state index is 12.9. The molecular formula is C22H28N2O4. The zero-order chi connectivity index (χ0) is 20.7. The summed E-state index contributed by atoms with van der Waals surface area (Å²) in [5, 5.41) is 2.68. The van der Waals surface area contributed by atoms with Gasteiger partial charge in [0.25, 0.3) is 11.5 Å². The standard InChI is InChI=1S/C22H28N2O4/c1-5-6-12-24-16(3)15(2)13-18(21(24)26)20(25)23-19(22(27)28-4)14-17-10-8-7-9-11-17/h7-11,13,19H,5-6,12,14H2,1-4H3,(H,23,25)/t19-/m1/s1. The quantitative estimate of drug-likeness (QED) is 0.710. The van der Waals surface area contributed by atoms with E-state index < -0.39 is 17.9 Å². The SMILES string of the molecule is CCCCn1c(C)c(C)cc(C(=O)N[C@H](Cc2ccccc2)C(=O)OC)c1=O. The Hall–Kier alpha value is -2.89. The van der Waals surface area contributed by atoms with Gasteiger partial charge in [0, 0.05) is 18.7 Å². The lowest BCUT2D eigenvalue weighted by Crippen LogP contribution is -2.45. The van der Waals surface area contributed by atoms with E-state index >= 15 is 0 Å². The molecule has 1 aromatic heterocycles. The molecule has 6 nitrogen and oxygen atoms in total. The normalized spacial score (nSPS) is 11.7. The van der Waals surface area contributed by atoms with Gasteiger partial charge in [-0.1, -0.05) is 43.7 Å². The number of aromatic nitrogens is 1. The van der Waals surface area contributed by atoms with E-state index in [4.69, 9.17) is 4.74 Å². The van der Waals surface area contributed by atoms with Gasteiger partial charge in [-0.15, -0.1) is 0 Å². The lowest BCUT2D eigenvalue weighted by Gasteiger charge is -2.18. The molecule has 6 heteroatoms. The zero-order valence-corrected chi connectivity index (χ0v) is 17.0. The monoisotopic (exact) mass is 384 g/mol. The Morgan fingerprint density at radius 3 is 2.46 bits per heavy atom. The van der Waals surface area contributed by atoms with Crippen molar-refractivity contribution in [3.05, 3.63) is 69.1 Å². The average molecular weight is 384 g/mol. The molecule has 1 aromatic carbocycles. The summed E-state index contributed by atoms with van der Waals surface area (Å²) in [6, 6.07) is 10.1. The molecule has 0 aliphatic carbocycles. The molecule has 0 aliphatic heterocycles. The van der Waals surface area contributed by atoms with Crippen LogP contribution in [0.25, 0.3) is 0 Å². The number of amides is 1. The average Bonchev–Trinajstić information content (AvgIpc) is 2.70. The molecule has 0 spiro atoms. The number of benzene rings is 1. The van der Waals surface area contributed by atoms with Gasteiger partial charge in [-0.25, -0.2) is 4.79 Å². The number of hydrogen-bond acceptors (Lipinski definition) is 4. The van der Waals surface area contributed by atoms with Crippen LogP contribution in [0.4, 0.5) is 0 Å². The van der Waals surface area contributed by atoms with Crippen molar-refractivity contribution >= 4 is 11.9 Å². The number of carbonyl (C=O) groups is 2. The Morgan fingerprint density at radius 1 is 1.18 bits per heavy atom. The van der Waals surface area contributed by atoms with Crippen LogP contribution in [0, 0.1) is 13.8 Å². The highest BCUT2D eigenvalue weighted by molar-refractivity contribution is 5.96. The van der Waals surface area contributed by atoms with Crippen LogP contribution < -0.4 is 10.9 Å². The van der Waals surface area contributed by atoms with Gasteiger partial charge in [-0.2, -0.15) is 0 Å². The number of nitrogens with one attached hydrogen (secondary N) is 1. The lowest BCUT2D eigenvalue weighted by atomic mass is 10.0. The molecule has 2 rings (SSSR count). The molecule has 28 heavy (non-hydrogen) atoms. The van der Waals surface area contributed by atoms with E-state index in [-0.39, 0.29) is 17.5 Å². The number of carbonyl (C=O) groups excluding carboxylic acids is 2. The smallest absolute Gasteiger partial charge is 0.328 e. The first-order chi connectivity index (χ1) is 13.4. The number of aryl methyl sites for hydroxylation is 1. The molecular weight excluding hydrogens is 356 g/mol. The fraction of sp³-hybridized carbons (Fsp3) is 0.409. The van der Waals surface area contributed by atoms with Crippen molar-refractivity contribution in [2.45, 2.75) is 52.6 Å². The minimum atomic E-state index is -0.870. The third-order valence-corrected chi connectivity index (χ3v) is 4.87. The summed E-state index contributed by atoms with van der Waals surface area (Å²) < 4.78 is 6.47. The van der Waals surface area contributed by atoms with Crippen molar-refractivity contribution in [3.8, 4) is 0 Å². The molecule has 0 fully saturated rings. The van der Waals surface area contributed by atoms with Crippen LogP contribution in [0.2, 0.25) is 0 Å². The Kier molecular flexibility index (Phi) is 7.55. The summed E-state index contributed by atoms with van der Waals surface area (Å²) in [5.41, 5.74) is 2.31. The highest BCUT2D eigenvalue weighted by Crippen LogP contribution is 2.10. The topological polar surface area (TPSA) is 77.4 Å². The predicted octanol–water partition coefficient (Wildman–Crippen LogP) is 2.78. The van der Waals surface area contributed by atoms with E-state index in [0.717, 1.165) is 29.7 Å². The molecule has 1 heterocycles. The van der Waals surface area contributed by atoms with E-state index in [1.54, 1.807) is 10.6 Å². The van der Waals surface area contributed by atoms with Gasteiger partial charge in [0.05, 0.1) is 7.11 Å². The van der Waals surface area contributed by atoms with Crippen molar-refractivity contribution in [1.82, 2.24) is 9.88 Å². The summed E-state index contributed by atoms with van der Waals surface area (Å²) in [4.78, 5) is 37.9. The number of nitrogens with zero attached hydrogens (tertiary/aromatic N) is 1. The molecule has 0 saturated carbocycles. The van der Waals surface area contributed by atoms with Gasteiger partial charge in [-0.3, -0.25) is 9.59 Å². The second-order valence-corrected chi connectivity index (χ2v) is 6.88. The first-order valence-electron chi connectivity index (χ1n) is 9.52. The summed E-state index contributed by atoms with van der Waals surface area (Å²) >= 11 is 0. The maximum absolute atomic E-state index is 12.9. The molecule has 0 bridgehead atoms. The van der Waals surface area contributed by atoms with Gasteiger partial charge in [0.2, 0.25) is 0 Å². The molecule has 0 unspecified atom stereocenters. The summed E-state index contributed by atoms with van der Waals surface area (Å²) in [5.74, 6) is -1.11. The third kappa shape index (κ3) is 5.09. The minimum Gasteiger partial charge on any atom is -0.467 e. The van der Waals surface area contributed by atoms with Crippen LogP contribution >= 0.6 is 0 Å². The summed E-state index contributed by atoms with van der Waals surface area (Å²) in [6.45, 7) is 6.36. The Bertz CT molecular complexity index is 887. The Labute approximate surface area is 165 Å². The zero-order valence-electron chi connectivity index (χ0n) is 17.0. The van der Waals surface area contributed by atoms with E-state index in [1.165, 1.54) is 7.11 Å². The number of methoxy groups -OCH3 is 1. The highest BCUT2D eigenvalue weighted by atomic mass is 16.5. The Morgan fingerprint density at radius 2 is 1.86 bits per heavy atom. The maximum Gasteiger partial charge on any atom is 0.328 e. The second-order valence-electron chi connectivity index (χ2n) is 6.88. The van der Waals surface area contributed by atoms with Crippen molar-refractivity contribution in [1.29, 1.82) is 0 Å². The third-order valence-electron chi connectivity index (χ3n) is 4.87. The van der Waals surface area contributed by atoms with Crippen LogP contribution in [0.1, 0.15) is 46.9 Å². The van der Waals surface area contributed by atoms with E-state index in [9.17, 15) is 14.4 Å². The summed E-state index contributed by atoms with van der Waals surface area (Å²) in [7, 11) is 1.28. The van der Waals surface area contributed by atoms with Crippen LogP contribution in [0.5, 0.6) is 0 Å². The van der Waals surface area contributed by atoms with E-state index in [2.05, 4.69) is 5.32 Å². The van der Waals surface area contributed by atoms with Crippen LogP contribution in [-0.4, -0.2) is 29.6 Å². The van der Waals surface area contributed by atoms with Crippen molar-refractivity contribution in [3.63, 3.8) is 0 Å². The van der Waals surface area contributed by atoms with E-state index in [1.807, 2.05) is 51.1 Å². The fourth-order valence-corrected chi connectivity index (χ4v) is 3.06.